The smallest absolute Gasteiger partial charge is 0.373 e. The molecule has 1 atom stereocenters. The first-order valence-corrected chi connectivity index (χ1v) is 6.17. The Bertz CT molecular complexity index is 589. The Morgan fingerprint density at radius 3 is 2.47 bits per heavy atom. The number of carbonyl (C=O) groups is 1. The fraction of sp³-hybridized carbons (Fsp3) is 0.154. The molecule has 0 spiro atoms. The Morgan fingerprint density at radius 2 is 1.89 bits per heavy atom. The molecule has 1 aromatic heterocycles. The number of hydrogen-bond acceptors (Lipinski definition) is 4. The molecule has 2 N–H and O–H groups in total. The minimum Gasteiger partial charge on any atom is -0.463 e. The number of esters is 1. The van der Waals surface area contributed by atoms with Crippen LogP contribution in [0, 0.1) is 0 Å². The van der Waals surface area contributed by atoms with Crippen molar-refractivity contribution in [1.82, 2.24) is 0 Å². The number of methoxy groups -OCH3 is 1. The van der Waals surface area contributed by atoms with Crippen LogP contribution >= 0.6 is 23.2 Å². The molecule has 0 amide bonds. The van der Waals surface area contributed by atoms with Gasteiger partial charge in [0.2, 0.25) is 5.76 Å². The average Bonchev–Trinajstić information content (AvgIpc) is 2.87. The van der Waals surface area contributed by atoms with Gasteiger partial charge in [-0.1, -0.05) is 29.3 Å². The van der Waals surface area contributed by atoms with Gasteiger partial charge in [-0.2, -0.15) is 0 Å². The van der Waals surface area contributed by atoms with E-state index in [-0.39, 0.29) is 5.76 Å². The lowest BCUT2D eigenvalue weighted by molar-refractivity contribution is 0.0562. The van der Waals surface area contributed by atoms with Crippen LogP contribution < -0.4 is 5.73 Å². The molecule has 2 rings (SSSR count). The highest BCUT2D eigenvalue weighted by atomic mass is 35.5. The fourth-order valence-electron chi connectivity index (χ4n) is 1.68. The van der Waals surface area contributed by atoms with Crippen molar-refractivity contribution in [3.63, 3.8) is 0 Å². The third-order valence-electron chi connectivity index (χ3n) is 2.63. The number of hydrogen-bond donors (Lipinski definition) is 1. The molecule has 19 heavy (non-hydrogen) atoms. The second kappa shape index (κ2) is 5.65. The average molecular weight is 300 g/mol. The summed E-state index contributed by atoms with van der Waals surface area (Å²) in [6, 6.07) is 7.53. The van der Waals surface area contributed by atoms with Crippen LogP contribution in [0.15, 0.2) is 34.7 Å². The number of furan rings is 1. The minimum absolute atomic E-state index is 0.0797. The summed E-state index contributed by atoms with van der Waals surface area (Å²) >= 11 is 12.1. The first-order valence-electron chi connectivity index (χ1n) is 5.42. The topological polar surface area (TPSA) is 65.5 Å². The molecule has 0 radical (unpaired) electrons. The summed E-state index contributed by atoms with van der Waals surface area (Å²) in [5.74, 6) is -0.102. The molecule has 2 aromatic rings. The van der Waals surface area contributed by atoms with E-state index in [1.165, 1.54) is 13.2 Å². The zero-order chi connectivity index (χ0) is 14.0. The van der Waals surface area contributed by atoms with Crippen molar-refractivity contribution in [3.8, 4) is 0 Å². The van der Waals surface area contributed by atoms with Crippen LogP contribution in [-0.4, -0.2) is 13.1 Å². The van der Waals surface area contributed by atoms with E-state index in [2.05, 4.69) is 4.74 Å². The first kappa shape index (κ1) is 13.9. The lowest BCUT2D eigenvalue weighted by Gasteiger charge is -2.13. The van der Waals surface area contributed by atoms with Gasteiger partial charge in [-0.15, -0.1) is 0 Å². The molecule has 0 aliphatic carbocycles. The zero-order valence-corrected chi connectivity index (χ0v) is 11.5. The van der Waals surface area contributed by atoms with Gasteiger partial charge in [0.25, 0.3) is 0 Å². The molecular formula is C13H11Cl2NO3. The van der Waals surface area contributed by atoms with Gasteiger partial charge in [-0.3, -0.25) is 0 Å². The number of halogens is 2. The predicted molar refractivity (Wildman–Crippen MR) is 72.5 cm³/mol. The Kier molecular flexibility index (Phi) is 4.14. The molecule has 1 unspecified atom stereocenters. The van der Waals surface area contributed by atoms with Crippen molar-refractivity contribution in [1.29, 1.82) is 0 Å². The van der Waals surface area contributed by atoms with Crippen LogP contribution in [-0.2, 0) is 4.74 Å². The summed E-state index contributed by atoms with van der Waals surface area (Å²) in [4.78, 5) is 11.3. The summed E-state index contributed by atoms with van der Waals surface area (Å²) in [6.07, 6.45) is 0. The number of rotatable bonds is 3. The van der Waals surface area contributed by atoms with Gasteiger partial charge < -0.3 is 14.9 Å². The zero-order valence-electron chi connectivity index (χ0n) is 10.0. The summed E-state index contributed by atoms with van der Waals surface area (Å²) in [5.41, 5.74) is 6.61. The third-order valence-corrected chi connectivity index (χ3v) is 3.29. The van der Waals surface area contributed by atoms with Crippen molar-refractivity contribution in [3.05, 3.63) is 57.5 Å². The summed E-state index contributed by atoms with van der Waals surface area (Å²) < 4.78 is 9.90. The Hall–Kier alpha value is -1.49. The first-order chi connectivity index (χ1) is 9.04. The molecule has 6 heteroatoms. The molecule has 1 heterocycles. The van der Waals surface area contributed by atoms with E-state index in [0.29, 0.717) is 21.4 Å². The number of ether oxygens (including phenoxy) is 1. The van der Waals surface area contributed by atoms with Gasteiger partial charge in [0.15, 0.2) is 0 Å². The van der Waals surface area contributed by atoms with Crippen molar-refractivity contribution < 1.29 is 13.9 Å². The van der Waals surface area contributed by atoms with Crippen molar-refractivity contribution in [2.45, 2.75) is 6.04 Å². The highest BCUT2D eigenvalue weighted by Gasteiger charge is 2.21. The standard InChI is InChI=1S/C13H11Cl2NO3/c1-18-13(17)10-6-5-9(19-10)12(16)11-7(14)3-2-4-8(11)15/h2-6,12H,16H2,1H3. The molecule has 0 fully saturated rings. The van der Waals surface area contributed by atoms with E-state index in [0.717, 1.165) is 0 Å². The second-order valence-electron chi connectivity index (χ2n) is 3.81. The molecule has 0 bridgehead atoms. The maximum Gasteiger partial charge on any atom is 0.373 e. The maximum absolute atomic E-state index is 11.3. The van der Waals surface area contributed by atoms with Crippen molar-refractivity contribution in [2.75, 3.05) is 7.11 Å². The van der Waals surface area contributed by atoms with Crippen LogP contribution in [0.25, 0.3) is 0 Å². The predicted octanol–water partition coefficient (Wildman–Crippen LogP) is 3.42. The van der Waals surface area contributed by atoms with E-state index >= 15 is 0 Å². The molecule has 0 aliphatic heterocycles. The largest absolute Gasteiger partial charge is 0.463 e. The number of nitrogens with two attached hydrogens (primary N) is 1. The van der Waals surface area contributed by atoms with Gasteiger partial charge in [0.1, 0.15) is 5.76 Å². The molecule has 4 nitrogen and oxygen atoms in total. The molecule has 0 saturated carbocycles. The van der Waals surface area contributed by atoms with E-state index in [4.69, 9.17) is 33.4 Å². The maximum atomic E-state index is 11.3. The van der Waals surface area contributed by atoms with Crippen molar-refractivity contribution in [2.24, 2.45) is 5.73 Å². The van der Waals surface area contributed by atoms with E-state index in [9.17, 15) is 4.79 Å². The third kappa shape index (κ3) is 2.76. The highest BCUT2D eigenvalue weighted by molar-refractivity contribution is 6.36. The Morgan fingerprint density at radius 1 is 1.26 bits per heavy atom. The molecule has 100 valence electrons. The quantitative estimate of drug-likeness (QED) is 0.882. The fourth-order valence-corrected chi connectivity index (χ4v) is 2.31. The Balaban J connectivity index is 2.36. The molecular weight excluding hydrogens is 289 g/mol. The van der Waals surface area contributed by atoms with Crippen molar-refractivity contribution >= 4 is 29.2 Å². The summed E-state index contributed by atoms with van der Waals surface area (Å²) in [5, 5.41) is 0.882. The normalized spacial score (nSPS) is 12.2. The molecule has 1 aromatic carbocycles. The van der Waals surface area contributed by atoms with Crippen LogP contribution in [0.5, 0.6) is 0 Å². The van der Waals surface area contributed by atoms with Crippen LogP contribution in [0.3, 0.4) is 0 Å². The Labute approximate surface area is 120 Å². The van der Waals surface area contributed by atoms with Gasteiger partial charge in [-0.05, 0) is 24.3 Å². The van der Waals surface area contributed by atoms with Gasteiger partial charge in [-0.25, -0.2) is 4.79 Å². The number of carbonyl (C=O) groups excluding carboxylic acids is 1. The summed E-state index contributed by atoms with van der Waals surface area (Å²) in [6.45, 7) is 0. The van der Waals surface area contributed by atoms with E-state index < -0.39 is 12.0 Å². The van der Waals surface area contributed by atoms with Crippen LogP contribution in [0.1, 0.15) is 27.9 Å². The minimum atomic E-state index is -0.653. The van der Waals surface area contributed by atoms with Gasteiger partial charge >= 0.3 is 5.97 Å². The van der Waals surface area contributed by atoms with Gasteiger partial charge in [0, 0.05) is 15.6 Å². The molecule has 0 saturated heterocycles. The van der Waals surface area contributed by atoms with Crippen LogP contribution in [0.2, 0.25) is 10.0 Å². The second-order valence-corrected chi connectivity index (χ2v) is 4.62. The van der Waals surface area contributed by atoms with E-state index in [1.807, 2.05) is 0 Å². The van der Waals surface area contributed by atoms with Crippen LogP contribution in [0.4, 0.5) is 0 Å². The van der Waals surface area contributed by atoms with E-state index in [1.54, 1.807) is 24.3 Å². The lowest BCUT2D eigenvalue weighted by Crippen LogP contribution is -2.12. The SMILES string of the molecule is COC(=O)c1ccc(C(N)c2c(Cl)cccc2Cl)o1. The number of benzene rings is 1. The highest BCUT2D eigenvalue weighted by Crippen LogP contribution is 2.33. The molecule has 0 aliphatic rings. The lowest BCUT2D eigenvalue weighted by atomic mass is 10.1. The summed E-state index contributed by atoms with van der Waals surface area (Å²) in [7, 11) is 1.27. The monoisotopic (exact) mass is 299 g/mol. The van der Waals surface area contributed by atoms with Gasteiger partial charge in [0.05, 0.1) is 13.2 Å².